The second kappa shape index (κ2) is 16.5. The van der Waals surface area contributed by atoms with E-state index in [1.54, 1.807) is 0 Å². The van der Waals surface area contributed by atoms with Crippen LogP contribution in [0.1, 0.15) is 60.3 Å². The SMILES string of the molecule is CCOC(C/C=C\C/C=C\C/C=C\CCO[Si](c1ccccc1)(c1ccccc1)C(C)(C)C)OCC. The third-order valence-corrected chi connectivity index (χ3v) is 11.1. The molecule has 0 N–H and O–H groups in total. The largest absolute Gasteiger partial charge is 0.407 e. The van der Waals surface area contributed by atoms with Gasteiger partial charge in [0.15, 0.2) is 6.29 Å². The van der Waals surface area contributed by atoms with Crippen molar-refractivity contribution in [2.24, 2.45) is 0 Å². The normalized spacial score (nSPS) is 13.1. The van der Waals surface area contributed by atoms with E-state index in [0.29, 0.717) is 13.2 Å². The fourth-order valence-electron chi connectivity index (χ4n) is 4.46. The Morgan fingerprint density at radius 2 is 1.17 bits per heavy atom. The van der Waals surface area contributed by atoms with Crippen molar-refractivity contribution in [3.05, 3.63) is 97.1 Å². The highest BCUT2D eigenvalue weighted by molar-refractivity contribution is 6.99. The van der Waals surface area contributed by atoms with Crippen LogP contribution in [0.2, 0.25) is 5.04 Å². The zero-order valence-electron chi connectivity index (χ0n) is 23.0. The summed E-state index contributed by atoms with van der Waals surface area (Å²) in [7, 11) is -2.44. The van der Waals surface area contributed by atoms with Crippen LogP contribution in [0.4, 0.5) is 0 Å². The molecular formula is C32H46O3Si. The molecule has 2 aromatic rings. The lowest BCUT2D eigenvalue weighted by atomic mass is 10.2. The monoisotopic (exact) mass is 506 g/mol. The van der Waals surface area contributed by atoms with Gasteiger partial charge >= 0.3 is 0 Å². The highest BCUT2D eigenvalue weighted by Crippen LogP contribution is 2.36. The first-order valence-corrected chi connectivity index (χ1v) is 15.3. The Balaban J connectivity index is 1.87. The molecule has 36 heavy (non-hydrogen) atoms. The maximum Gasteiger partial charge on any atom is 0.261 e. The summed E-state index contributed by atoms with van der Waals surface area (Å²) in [5.41, 5.74) is 0. The Morgan fingerprint density at radius 1 is 0.694 bits per heavy atom. The lowest BCUT2D eigenvalue weighted by molar-refractivity contribution is -0.133. The van der Waals surface area contributed by atoms with Crippen LogP contribution in [0.15, 0.2) is 97.1 Å². The Labute approximate surface area is 221 Å². The molecule has 0 heterocycles. The molecule has 0 aliphatic heterocycles. The first kappa shape index (κ1) is 30.0. The molecule has 0 unspecified atom stereocenters. The van der Waals surface area contributed by atoms with Gasteiger partial charge in [0.05, 0.1) is 0 Å². The number of rotatable bonds is 16. The summed E-state index contributed by atoms with van der Waals surface area (Å²) in [5, 5.41) is 2.68. The Hall–Kier alpha value is -2.24. The van der Waals surface area contributed by atoms with Crippen LogP contribution in [-0.2, 0) is 13.9 Å². The highest BCUT2D eigenvalue weighted by Gasteiger charge is 2.49. The molecule has 2 rings (SSSR count). The average molecular weight is 507 g/mol. The molecule has 3 nitrogen and oxygen atoms in total. The third kappa shape index (κ3) is 9.33. The van der Waals surface area contributed by atoms with Crippen LogP contribution in [0, 0.1) is 0 Å². The summed E-state index contributed by atoms with van der Waals surface area (Å²) in [6, 6.07) is 21.7. The van der Waals surface area contributed by atoms with Gasteiger partial charge in [0, 0.05) is 26.2 Å². The lowest BCUT2D eigenvalue weighted by Crippen LogP contribution is -2.66. The minimum Gasteiger partial charge on any atom is -0.407 e. The van der Waals surface area contributed by atoms with Crippen molar-refractivity contribution in [2.45, 2.75) is 71.6 Å². The lowest BCUT2D eigenvalue weighted by Gasteiger charge is -2.43. The smallest absolute Gasteiger partial charge is 0.261 e. The van der Waals surface area contributed by atoms with Crippen molar-refractivity contribution in [3.8, 4) is 0 Å². The van der Waals surface area contributed by atoms with E-state index in [-0.39, 0.29) is 11.3 Å². The van der Waals surface area contributed by atoms with Crippen LogP contribution in [-0.4, -0.2) is 34.4 Å². The highest BCUT2D eigenvalue weighted by atomic mass is 28.4. The van der Waals surface area contributed by atoms with Gasteiger partial charge in [-0.15, -0.1) is 0 Å². The number of hydrogen-bond acceptors (Lipinski definition) is 3. The molecule has 0 saturated heterocycles. The fourth-order valence-corrected chi connectivity index (χ4v) is 9.04. The predicted octanol–water partition coefficient (Wildman–Crippen LogP) is 7.19. The molecule has 0 atom stereocenters. The molecule has 4 heteroatoms. The van der Waals surface area contributed by atoms with E-state index in [9.17, 15) is 0 Å². The molecule has 0 fully saturated rings. The van der Waals surface area contributed by atoms with E-state index >= 15 is 0 Å². The molecule has 2 aromatic carbocycles. The van der Waals surface area contributed by atoms with Crippen molar-refractivity contribution in [1.29, 1.82) is 0 Å². The minimum absolute atomic E-state index is 0.0149. The minimum atomic E-state index is -2.44. The van der Waals surface area contributed by atoms with Gasteiger partial charge in [-0.2, -0.15) is 0 Å². The topological polar surface area (TPSA) is 27.7 Å². The van der Waals surface area contributed by atoms with Crippen LogP contribution in [0.5, 0.6) is 0 Å². The molecule has 0 saturated carbocycles. The zero-order valence-corrected chi connectivity index (χ0v) is 24.0. The maximum atomic E-state index is 6.93. The van der Waals surface area contributed by atoms with E-state index in [1.165, 1.54) is 10.4 Å². The number of benzene rings is 2. The van der Waals surface area contributed by atoms with E-state index in [4.69, 9.17) is 13.9 Å². The van der Waals surface area contributed by atoms with Crippen LogP contribution < -0.4 is 10.4 Å². The summed E-state index contributed by atoms with van der Waals surface area (Å²) in [6.45, 7) is 13.0. The van der Waals surface area contributed by atoms with Gasteiger partial charge in [-0.25, -0.2) is 0 Å². The Kier molecular flexibility index (Phi) is 13.7. The number of ether oxygens (including phenoxy) is 2. The summed E-state index contributed by atoms with van der Waals surface area (Å²) in [6.07, 6.45) is 16.6. The van der Waals surface area contributed by atoms with Crippen molar-refractivity contribution in [1.82, 2.24) is 0 Å². The van der Waals surface area contributed by atoms with Gasteiger partial charge < -0.3 is 13.9 Å². The van der Waals surface area contributed by atoms with E-state index in [2.05, 4.69) is 118 Å². The molecule has 196 valence electrons. The molecule has 0 aliphatic rings. The predicted molar refractivity (Wildman–Crippen MR) is 157 cm³/mol. The molecule has 0 spiro atoms. The van der Waals surface area contributed by atoms with Crippen molar-refractivity contribution >= 4 is 18.7 Å². The van der Waals surface area contributed by atoms with Crippen molar-refractivity contribution in [3.63, 3.8) is 0 Å². The van der Waals surface area contributed by atoms with Crippen LogP contribution >= 0.6 is 0 Å². The maximum absolute atomic E-state index is 6.93. The Bertz CT molecular complexity index is 868. The fraction of sp³-hybridized carbons (Fsp3) is 0.438. The summed E-state index contributed by atoms with van der Waals surface area (Å²) < 4.78 is 18.0. The Morgan fingerprint density at radius 3 is 1.64 bits per heavy atom. The summed E-state index contributed by atoms with van der Waals surface area (Å²) >= 11 is 0. The molecule has 0 radical (unpaired) electrons. The van der Waals surface area contributed by atoms with Gasteiger partial charge in [0.25, 0.3) is 8.32 Å². The molecule has 0 bridgehead atoms. The third-order valence-electron chi connectivity index (χ3n) is 6.10. The summed E-state index contributed by atoms with van der Waals surface area (Å²) in [4.78, 5) is 0. The molecule has 0 amide bonds. The first-order valence-electron chi connectivity index (χ1n) is 13.4. The number of hydrogen-bond donors (Lipinski definition) is 0. The summed E-state index contributed by atoms with van der Waals surface area (Å²) in [5.74, 6) is 0. The standard InChI is InChI=1S/C32H46O3Si/c1-6-33-31(34-7-2)27-21-13-11-9-8-10-12-14-22-28-35-36(32(3,4)5,29-23-17-15-18-24-29)30-25-19-16-20-26-30/h8-9,12-21,23-26,31H,6-7,10-11,22,27-28H2,1-5H3/b9-8-,14-12-,21-13-. The van der Waals surface area contributed by atoms with Crippen molar-refractivity contribution in [2.75, 3.05) is 19.8 Å². The van der Waals surface area contributed by atoms with E-state index < -0.39 is 8.32 Å². The quantitative estimate of drug-likeness (QED) is 0.104. The molecular weight excluding hydrogens is 460 g/mol. The van der Waals surface area contributed by atoms with Gasteiger partial charge in [-0.3, -0.25) is 0 Å². The van der Waals surface area contributed by atoms with Crippen LogP contribution in [0.25, 0.3) is 0 Å². The zero-order chi connectivity index (χ0) is 26.1. The second-order valence-corrected chi connectivity index (χ2v) is 14.1. The van der Waals surface area contributed by atoms with Gasteiger partial charge in [-0.05, 0) is 48.5 Å². The first-order chi connectivity index (χ1) is 17.5. The second-order valence-electron chi connectivity index (χ2n) is 9.76. The van der Waals surface area contributed by atoms with Gasteiger partial charge in [0.2, 0.25) is 0 Å². The van der Waals surface area contributed by atoms with Gasteiger partial charge in [-0.1, -0.05) is 118 Å². The molecule has 0 aromatic heterocycles. The average Bonchev–Trinajstić information content (AvgIpc) is 2.87. The van der Waals surface area contributed by atoms with Crippen LogP contribution in [0.3, 0.4) is 0 Å². The van der Waals surface area contributed by atoms with E-state index in [0.717, 1.165) is 32.3 Å². The van der Waals surface area contributed by atoms with E-state index in [1.807, 2.05) is 13.8 Å². The van der Waals surface area contributed by atoms with Crippen molar-refractivity contribution < 1.29 is 13.9 Å². The number of allylic oxidation sites excluding steroid dienone is 4. The van der Waals surface area contributed by atoms with Gasteiger partial charge in [0.1, 0.15) is 0 Å². The molecule has 0 aliphatic carbocycles.